The molecule has 4 aromatic rings. The monoisotopic (exact) mass is 571 g/mol. The molecular weight excluding hydrogens is 538 g/mol. The van der Waals surface area contributed by atoms with Crippen LogP contribution in [0.15, 0.2) is 78.9 Å². The number of ether oxygens (including phenoxy) is 2. The van der Waals surface area contributed by atoms with E-state index in [1.165, 1.54) is 5.56 Å². The van der Waals surface area contributed by atoms with Crippen molar-refractivity contribution in [2.24, 2.45) is 0 Å². The van der Waals surface area contributed by atoms with Gasteiger partial charge in [0.25, 0.3) is 11.8 Å². The number of nitrogens with one attached hydrogen (secondary N) is 1. The number of carbonyl (C=O) groups is 2. The van der Waals surface area contributed by atoms with Gasteiger partial charge < -0.3 is 24.3 Å². The van der Waals surface area contributed by atoms with Crippen LogP contribution < -0.4 is 4.74 Å². The van der Waals surface area contributed by atoms with E-state index in [0.29, 0.717) is 50.0 Å². The molecule has 1 N–H and O–H groups in total. The van der Waals surface area contributed by atoms with Gasteiger partial charge in [0.2, 0.25) is 0 Å². The fourth-order valence-corrected chi connectivity index (χ4v) is 6.10. The molecule has 1 saturated heterocycles. The Morgan fingerprint density at radius 1 is 0.951 bits per heavy atom. The van der Waals surface area contributed by atoms with Crippen molar-refractivity contribution in [1.29, 1.82) is 0 Å². The summed E-state index contributed by atoms with van der Waals surface area (Å²) in [7, 11) is 0. The average molecular weight is 572 g/mol. The highest BCUT2D eigenvalue weighted by atomic mass is 35.5. The minimum atomic E-state index is -1.13. The predicted molar refractivity (Wildman–Crippen MR) is 159 cm³/mol. The maximum Gasteiger partial charge on any atom is 0.270 e. The topological polar surface area (TPSA) is 74.9 Å². The molecule has 1 fully saturated rings. The summed E-state index contributed by atoms with van der Waals surface area (Å²) in [5, 5.41) is 1.49. The number of H-pyrrole nitrogens is 1. The molecule has 3 aromatic carbocycles. The Morgan fingerprint density at radius 3 is 2.66 bits per heavy atom. The summed E-state index contributed by atoms with van der Waals surface area (Å²) in [5.74, 6) is 0.630. The Kier molecular flexibility index (Phi) is 7.99. The zero-order valence-corrected chi connectivity index (χ0v) is 23.7. The van der Waals surface area contributed by atoms with E-state index in [9.17, 15) is 9.59 Å². The van der Waals surface area contributed by atoms with Crippen LogP contribution >= 0.6 is 11.6 Å². The minimum absolute atomic E-state index is 0.0975. The number of hydrogen-bond donors (Lipinski definition) is 1. The van der Waals surface area contributed by atoms with Crippen molar-refractivity contribution in [3.05, 3.63) is 101 Å². The normalized spacial score (nSPS) is 20.3. The van der Waals surface area contributed by atoms with E-state index in [-0.39, 0.29) is 18.4 Å². The van der Waals surface area contributed by atoms with Gasteiger partial charge in [0.1, 0.15) is 18.1 Å². The van der Waals surface area contributed by atoms with Crippen molar-refractivity contribution in [1.82, 2.24) is 14.8 Å². The first-order valence-electron chi connectivity index (χ1n) is 14.3. The second-order valence-corrected chi connectivity index (χ2v) is 11.3. The number of rotatable bonds is 3. The fraction of sp³-hybridized carbons (Fsp3) is 0.333. The maximum atomic E-state index is 14.5. The van der Waals surface area contributed by atoms with E-state index in [2.05, 4.69) is 11.1 Å². The lowest BCUT2D eigenvalue weighted by molar-refractivity contribution is -0.171. The molecule has 1 spiro atoms. The molecule has 2 amide bonds. The number of carbonyl (C=O) groups excluding carboxylic acids is 2. The van der Waals surface area contributed by atoms with Crippen LogP contribution in [0.2, 0.25) is 5.02 Å². The lowest BCUT2D eigenvalue weighted by atomic mass is 9.90. The van der Waals surface area contributed by atoms with Crippen molar-refractivity contribution >= 4 is 34.3 Å². The van der Waals surface area contributed by atoms with Crippen LogP contribution in [-0.4, -0.2) is 65.0 Å². The molecule has 6 rings (SSSR count). The number of halogens is 1. The SMILES string of the molecule is O=C(c1cc2cc(Cl)ccc2[nH]1)N1CCOC2(CCCCc3ccccc3OCCN(Cc3ccccc3)C2=O)C1. The number of nitrogens with zero attached hydrogens (tertiary/aromatic N) is 2. The van der Waals surface area contributed by atoms with Crippen molar-refractivity contribution < 1.29 is 19.1 Å². The van der Waals surface area contributed by atoms with E-state index in [4.69, 9.17) is 21.1 Å². The summed E-state index contributed by atoms with van der Waals surface area (Å²) >= 11 is 6.17. The maximum absolute atomic E-state index is 14.5. The molecule has 1 atom stereocenters. The second kappa shape index (κ2) is 12.0. The third-order valence-electron chi connectivity index (χ3n) is 8.05. The highest BCUT2D eigenvalue weighted by Crippen LogP contribution is 2.31. The largest absolute Gasteiger partial charge is 0.491 e. The van der Waals surface area contributed by atoms with E-state index in [1.807, 2.05) is 71.6 Å². The number of morpholine rings is 1. The lowest BCUT2D eigenvalue weighted by Gasteiger charge is -2.44. The van der Waals surface area contributed by atoms with Crippen LogP contribution in [0.3, 0.4) is 0 Å². The number of aromatic amines is 1. The van der Waals surface area contributed by atoms with Crippen LogP contribution in [0.25, 0.3) is 10.9 Å². The number of hydrogen-bond acceptors (Lipinski definition) is 4. The van der Waals surface area contributed by atoms with Gasteiger partial charge in [-0.15, -0.1) is 0 Å². The van der Waals surface area contributed by atoms with Crippen molar-refractivity contribution in [3.8, 4) is 5.75 Å². The molecule has 1 unspecified atom stereocenters. The molecule has 0 aliphatic carbocycles. The molecule has 0 radical (unpaired) electrons. The van der Waals surface area contributed by atoms with Crippen molar-refractivity contribution in [2.45, 2.75) is 37.8 Å². The lowest BCUT2D eigenvalue weighted by Crippen LogP contribution is -2.62. The van der Waals surface area contributed by atoms with Crippen LogP contribution in [0.5, 0.6) is 5.75 Å². The average Bonchev–Trinajstić information content (AvgIpc) is 3.42. The summed E-state index contributed by atoms with van der Waals surface area (Å²) in [6.45, 7) is 2.12. The number of para-hydroxylation sites is 1. The third-order valence-corrected chi connectivity index (χ3v) is 8.28. The Balaban J connectivity index is 1.29. The number of fused-ring (bicyclic) bond motifs is 2. The summed E-state index contributed by atoms with van der Waals surface area (Å²) < 4.78 is 12.6. The Hall–Kier alpha value is -3.81. The van der Waals surface area contributed by atoms with Crippen LogP contribution in [0.1, 0.15) is 40.9 Å². The highest BCUT2D eigenvalue weighted by Gasteiger charge is 2.47. The molecule has 1 aromatic heterocycles. The molecule has 7 nitrogen and oxygen atoms in total. The third kappa shape index (κ3) is 5.97. The molecule has 3 heterocycles. The fourth-order valence-electron chi connectivity index (χ4n) is 5.92. The van der Waals surface area contributed by atoms with Gasteiger partial charge in [0.15, 0.2) is 5.60 Å². The number of amides is 2. The minimum Gasteiger partial charge on any atom is -0.491 e. The Morgan fingerprint density at radius 2 is 1.78 bits per heavy atom. The predicted octanol–water partition coefficient (Wildman–Crippen LogP) is 5.87. The quantitative estimate of drug-likeness (QED) is 0.334. The summed E-state index contributed by atoms with van der Waals surface area (Å²) in [6, 6.07) is 25.4. The second-order valence-electron chi connectivity index (χ2n) is 10.9. The number of benzene rings is 3. The van der Waals surface area contributed by atoms with E-state index in [1.54, 1.807) is 11.0 Å². The standard InChI is InChI=1S/C33H34ClN3O4/c34-27-13-14-28-26(20-27)21-29(35-28)31(38)37-17-19-41-33(23-37)15-7-6-11-25-10-4-5-12-30(25)40-18-16-36(32(33)39)22-24-8-2-1-3-9-24/h1-5,8-10,12-14,20-21,35H,6-7,11,15-19,22-23H2. The van der Waals surface area contributed by atoms with Crippen LogP contribution in [0.4, 0.5) is 0 Å². The van der Waals surface area contributed by atoms with Gasteiger partial charge in [0, 0.05) is 29.0 Å². The van der Waals surface area contributed by atoms with Gasteiger partial charge in [-0.2, -0.15) is 0 Å². The van der Waals surface area contributed by atoms with E-state index >= 15 is 0 Å². The highest BCUT2D eigenvalue weighted by molar-refractivity contribution is 6.31. The zero-order chi connectivity index (χ0) is 28.2. The first-order chi connectivity index (χ1) is 20.0. The molecule has 41 heavy (non-hydrogen) atoms. The molecular formula is C33H34ClN3O4. The number of aromatic nitrogens is 1. The van der Waals surface area contributed by atoms with Gasteiger partial charge in [-0.1, -0.05) is 60.1 Å². The van der Waals surface area contributed by atoms with Gasteiger partial charge >= 0.3 is 0 Å². The molecule has 212 valence electrons. The summed E-state index contributed by atoms with van der Waals surface area (Å²) in [5.41, 5.74) is 2.40. The molecule has 0 bridgehead atoms. The van der Waals surface area contributed by atoms with Crippen molar-refractivity contribution in [3.63, 3.8) is 0 Å². The van der Waals surface area contributed by atoms with Gasteiger partial charge in [-0.05, 0) is 67.1 Å². The van der Waals surface area contributed by atoms with Gasteiger partial charge in [0.05, 0.1) is 19.7 Å². The molecule has 0 saturated carbocycles. The first kappa shape index (κ1) is 27.4. The molecule has 2 aliphatic rings. The van der Waals surface area contributed by atoms with Gasteiger partial charge in [-0.25, -0.2) is 0 Å². The van der Waals surface area contributed by atoms with Gasteiger partial charge in [-0.3, -0.25) is 9.59 Å². The Bertz CT molecular complexity index is 1540. The molecule has 8 heteroatoms. The van der Waals surface area contributed by atoms with Crippen LogP contribution in [-0.2, 0) is 22.5 Å². The summed E-state index contributed by atoms with van der Waals surface area (Å²) in [6.07, 6.45) is 3.06. The van der Waals surface area contributed by atoms with E-state index < -0.39 is 5.60 Å². The zero-order valence-electron chi connectivity index (χ0n) is 23.0. The Labute approximate surface area is 245 Å². The molecule has 2 aliphatic heterocycles. The van der Waals surface area contributed by atoms with E-state index in [0.717, 1.165) is 41.5 Å². The number of aryl methyl sites for hydroxylation is 1. The van der Waals surface area contributed by atoms with Crippen molar-refractivity contribution in [2.75, 3.05) is 32.8 Å². The first-order valence-corrected chi connectivity index (χ1v) is 14.6. The summed E-state index contributed by atoms with van der Waals surface area (Å²) in [4.78, 5) is 35.0. The van der Waals surface area contributed by atoms with Crippen LogP contribution in [0, 0.1) is 0 Å². The smallest absolute Gasteiger partial charge is 0.270 e.